The second-order valence-corrected chi connectivity index (χ2v) is 5.31. The number of ether oxygens (including phenoxy) is 2. The molecule has 0 atom stereocenters. The number of halogens is 2. The van der Waals surface area contributed by atoms with Gasteiger partial charge in [0.05, 0.1) is 13.2 Å². The molecule has 0 saturated heterocycles. The minimum Gasteiger partial charge on any atom is -0.493 e. The first-order valence-corrected chi connectivity index (χ1v) is 7.22. The number of hydrogen-bond donors (Lipinski definition) is 0. The summed E-state index contributed by atoms with van der Waals surface area (Å²) in [5.41, 5.74) is 1.81. The highest BCUT2D eigenvalue weighted by Gasteiger charge is 2.02. The Balaban J connectivity index is 1.75. The minimum absolute atomic E-state index is 0.249. The molecule has 0 aliphatic carbocycles. The maximum atomic E-state index is 13.0. The highest BCUT2D eigenvalue weighted by atomic mass is 35.5. The quantitative estimate of drug-likeness (QED) is 0.703. The van der Waals surface area contributed by atoms with E-state index in [2.05, 4.69) is 0 Å². The highest BCUT2D eigenvalue weighted by Crippen LogP contribution is 2.22. The van der Waals surface area contributed by atoms with Crippen molar-refractivity contribution in [2.45, 2.75) is 20.3 Å². The average Bonchev–Trinajstić information content (AvgIpc) is 2.42. The molecule has 0 amide bonds. The largest absolute Gasteiger partial charge is 0.493 e. The molecule has 0 spiro atoms. The van der Waals surface area contributed by atoms with Crippen molar-refractivity contribution < 1.29 is 13.9 Å². The van der Waals surface area contributed by atoms with Crippen LogP contribution in [-0.4, -0.2) is 13.2 Å². The van der Waals surface area contributed by atoms with E-state index in [9.17, 15) is 4.39 Å². The number of benzene rings is 2. The first-order valence-electron chi connectivity index (χ1n) is 6.84. The molecule has 21 heavy (non-hydrogen) atoms. The zero-order valence-corrected chi connectivity index (χ0v) is 12.9. The average molecular weight is 309 g/mol. The lowest BCUT2D eigenvalue weighted by Crippen LogP contribution is -2.06. The number of rotatable bonds is 6. The molecular formula is C17H18ClFO2. The van der Waals surface area contributed by atoms with Gasteiger partial charge in [0.2, 0.25) is 0 Å². The third kappa shape index (κ3) is 4.64. The SMILES string of the molecule is Cc1cc(F)ccc1OCCCOc1ccc(Cl)cc1C. The topological polar surface area (TPSA) is 18.5 Å². The van der Waals surface area contributed by atoms with E-state index in [0.717, 1.165) is 23.3 Å². The summed E-state index contributed by atoms with van der Waals surface area (Å²) in [4.78, 5) is 0. The summed E-state index contributed by atoms with van der Waals surface area (Å²) in [6, 6.07) is 10.0. The van der Waals surface area contributed by atoms with Crippen LogP contribution in [0.1, 0.15) is 17.5 Å². The van der Waals surface area contributed by atoms with E-state index in [1.165, 1.54) is 12.1 Å². The van der Waals surface area contributed by atoms with Crippen LogP contribution in [0.15, 0.2) is 36.4 Å². The number of aryl methyl sites for hydroxylation is 2. The first kappa shape index (κ1) is 15.6. The molecule has 0 aromatic heterocycles. The molecule has 0 radical (unpaired) electrons. The van der Waals surface area contributed by atoms with E-state index in [1.54, 1.807) is 6.07 Å². The Morgan fingerprint density at radius 3 is 2.05 bits per heavy atom. The summed E-state index contributed by atoms with van der Waals surface area (Å²) < 4.78 is 24.3. The maximum Gasteiger partial charge on any atom is 0.123 e. The van der Waals surface area contributed by atoms with Crippen LogP contribution in [0.5, 0.6) is 11.5 Å². The van der Waals surface area contributed by atoms with Gasteiger partial charge in [0.25, 0.3) is 0 Å². The normalized spacial score (nSPS) is 10.5. The minimum atomic E-state index is -0.249. The van der Waals surface area contributed by atoms with Gasteiger partial charge in [0.15, 0.2) is 0 Å². The molecule has 0 aliphatic rings. The van der Waals surface area contributed by atoms with Crippen molar-refractivity contribution in [3.63, 3.8) is 0 Å². The van der Waals surface area contributed by atoms with Gasteiger partial charge in [-0.3, -0.25) is 0 Å². The van der Waals surface area contributed by atoms with Crippen LogP contribution in [0.2, 0.25) is 5.02 Å². The lowest BCUT2D eigenvalue weighted by Gasteiger charge is -2.11. The van der Waals surface area contributed by atoms with Crippen LogP contribution in [0.25, 0.3) is 0 Å². The Hall–Kier alpha value is -1.74. The Bertz CT molecular complexity index is 560. The van der Waals surface area contributed by atoms with E-state index in [4.69, 9.17) is 21.1 Å². The van der Waals surface area contributed by atoms with Gasteiger partial charge < -0.3 is 9.47 Å². The van der Waals surface area contributed by atoms with Gasteiger partial charge in [-0.15, -0.1) is 0 Å². The van der Waals surface area contributed by atoms with E-state index in [-0.39, 0.29) is 5.82 Å². The van der Waals surface area contributed by atoms with Gasteiger partial charge in [-0.1, -0.05) is 11.6 Å². The molecule has 4 heteroatoms. The lowest BCUT2D eigenvalue weighted by molar-refractivity contribution is 0.245. The Morgan fingerprint density at radius 1 is 0.905 bits per heavy atom. The van der Waals surface area contributed by atoms with Gasteiger partial charge in [-0.05, 0) is 61.4 Å². The van der Waals surface area contributed by atoms with Gasteiger partial charge in [-0.25, -0.2) is 4.39 Å². The summed E-state index contributed by atoms with van der Waals surface area (Å²) >= 11 is 5.89. The lowest BCUT2D eigenvalue weighted by atomic mass is 10.2. The van der Waals surface area contributed by atoms with Gasteiger partial charge in [0.1, 0.15) is 17.3 Å². The Kier molecular flexibility index (Phi) is 5.45. The summed E-state index contributed by atoms with van der Waals surface area (Å²) in [6.45, 7) is 4.87. The van der Waals surface area contributed by atoms with Crippen LogP contribution >= 0.6 is 11.6 Å². The molecule has 2 aromatic rings. The fourth-order valence-corrected chi connectivity index (χ4v) is 2.20. The van der Waals surface area contributed by atoms with Gasteiger partial charge >= 0.3 is 0 Å². The van der Waals surface area contributed by atoms with E-state index < -0.39 is 0 Å². The molecule has 2 aromatic carbocycles. The van der Waals surface area contributed by atoms with Crippen LogP contribution in [0, 0.1) is 19.7 Å². The monoisotopic (exact) mass is 308 g/mol. The van der Waals surface area contributed by atoms with Crippen molar-refractivity contribution in [2.24, 2.45) is 0 Å². The van der Waals surface area contributed by atoms with Crippen molar-refractivity contribution in [3.05, 3.63) is 58.4 Å². The molecule has 0 saturated carbocycles. The van der Waals surface area contributed by atoms with Gasteiger partial charge in [-0.2, -0.15) is 0 Å². The molecule has 2 nitrogen and oxygen atoms in total. The van der Waals surface area contributed by atoms with Crippen LogP contribution < -0.4 is 9.47 Å². The van der Waals surface area contributed by atoms with Crippen LogP contribution in [0.4, 0.5) is 4.39 Å². The van der Waals surface area contributed by atoms with Crippen LogP contribution in [-0.2, 0) is 0 Å². The Labute approximate surface area is 129 Å². The van der Waals surface area contributed by atoms with Crippen molar-refractivity contribution in [2.75, 3.05) is 13.2 Å². The predicted octanol–water partition coefficient (Wildman–Crippen LogP) is 4.94. The van der Waals surface area contributed by atoms with E-state index in [1.807, 2.05) is 32.0 Å². The molecule has 0 bridgehead atoms. The smallest absolute Gasteiger partial charge is 0.123 e. The van der Waals surface area contributed by atoms with Crippen LogP contribution in [0.3, 0.4) is 0 Å². The molecule has 0 unspecified atom stereocenters. The fraction of sp³-hybridized carbons (Fsp3) is 0.294. The standard InChI is InChI=1S/C17H18ClFO2/c1-12-10-14(18)4-6-16(12)20-8-3-9-21-17-7-5-15(19)11-13(17)2/h4-7,10-11H,3,8-9H2,1-2H3. The fourth-order valence-electron chi connectivity index (χ4n) is 1.97. The molecule has 0 N–H and O–H groups in total. The molecule has 2 rings (SSSR count). The first-order chi connectivity index (χ1) is 10.1. The summed E-state index contributed by atoms with van der Waals surface area (Å²) in [6.07, 6.45) is 0.749. The summed E-state index contributed by atoms with van der Waals surface area (Å²) in [7, 11) is 0. The molecule has 0 aliphatic heterocycles. The summed E-state index contributed by atoms with van der Waals surface area (Å²) in [5, 5.41) is 0.704. The second-order valence-electron chi connectivity index (χ2n) is 4.87. The zero-order valence-electron chi connectivity index (χ0n) is 12.2. The van der Waals surface area contributed by atoms with Crippen molar-refractivity contribution in [1.82, 2.24) is 0 Å². The predicted molar refractivity (Wildman–Crippen MR) is 82.9 cm³/mol. The van der Waals surface area contributed by atoms with Crippen molar-refractivity contribution in [3.8, 4) is 11.5 Å². The van der Waals surface area contributed by atoms with Crippen molar-refractivity contribution >= 4 is 11.6 Å². The highest BCUT2D eigenvalue weighted by molar-refractivity contribution is 6.30. The van der Waals surface area contributed by atoms with E-state index in [0.29, 0.717) is 24.0 Å². The van der Waals surface area contributed by atoms with Crippen molar-refractivity contribution in [1.29, 1.82) is 0 Å². The molecular weight excluding hydrogens is 291 g/mol. The second kappa shape index (κ2) is 7.32. The Morgan fingerprint density at radius 2 is 1.48 bits per heavy atom. The molecule has 0 fully saturated rings. The third-order valence-corrected chi connectivity index (χ3v) is 3.31. The zero-order chi connectivity index (χ0) is 15.2. The third-order valence-electron chi connectivity index (χ3n) is 3.08. The molecule has 0 heterocycles. The molecule has 112 valence electrons. The maximum absolute atomic E-state index is 13.0. The van der Waals surface area contributed by atoms with Gasteiger partial charge in [0, 0.05) is 11.4 Å². The van der Waals surface area contributed by atoms with E-state index >= 15 is 0 Å². The summed E-state index contributed by atoms with van der Waals surface area (Å²) in [5.74, 6) is 1.29. The number of hydrogen-bond acceptors (Lipinski definition) is 2.